The van der Waals surface area contributed by atoms with Crippen molar-refractivity contribution < 1.29 is 9.00 Å². The van der Waals surface area contributed by atoms with Gasteiger partial charge in [0.1, 0.15) is 5.69 Å². The van der Waals surface area contributed by atoms with Gasteiger partial charge in [0.15, 0.2) is 0 Å². The van der Waals surface area contributed by atoms with Gasteiger partial charge in [-0.3, -0.25) is 4.79 Å². The molecule has 0 saturated carbocycles. The first-order valence-electron chi connectivity index (χ1n) is 4.40. The molecule has 15 heavy (non-hydrogen) atoms. The third kappa shape index (κ3) is 3.46. The standard InChI is InChI=1S/C9H13BrN2O2S/c1-4-12-6-7(10)5-8(12)9(13)11-15(2,3)14/h5-6H,4H2,1-3H3. The Kier molecular flexibility index (Phi) is 3.72. The Bertz CT molecular complexity index is 490. The molecule has 4 nitrogen and oxygen atoms in total. The van der Waals surface area contributed by atoms with Crippen LogP contribution in [0.4, 0.5) is 0 Å². The first-order valence-corrected chi connectivity index (χ1v) is 7.53. The van der Waals surface area contributed by atoms with E-state index >= 15 is 0 Å². The first kappa shape index (κ1) is 12.4. The molecule has 0 spiro atoms. The van der Waals surface area contributed by atoms with E-state index in [1.165, 1.54) is 12.5 Å². The Morgan fingerprint density at radius 2 is 2.20 bits per heavy atom. The van der Waals surface area contributed by atoms with Crippen LogP contribution in [-0.2, 0) is 16.3 Å². The molecule has 0 saturated heterocycles. The smallest absolute Gasteiger partial charge is 0.301 e. The van der Waals surface area contributed by atoms with Crippen LogP contribution in [0.15, 0.2) is 21.1 Å². The van der Waals surface area contributed by atoms with Gasteiger partial charge < -0.3 is 4.57 Å². The molecule has 0 aliphatic heterocycles. The predicted octanol–water partition coefficient (Wildman–Crippen LogP) is 2.14. The van der Waals surface area contributed by atoms with Crippen LogP contribution in [0.1, 0.15) is 17.4 Å². The number of hydrogen-bond donors (Lipinski definition) is 0. The molecule has 0 aromatic carbocycles. The van der Waals surface area contributed by atoms with Gasteiger partial charge in [-0.05, 0) is 28.9 Å². The summed E-state index contributed by atoms with van der Waals surface area (Å²) in [5, 5.41) is 0. The van der Waals surface area contributed by atoms with Gasteiger partial charge in [0, 0.05) is 39.5 Å². The van der Waals surface area contributed by atoms with Crippen LogP contribution in [-0.4, -0.2) is 27.2 Å². The van der Waals surface area contributed by atoms with E-state index in [-0.39, 0.29) is 0 Å². The minimum atomic E-state index is -2.39. The van der Waals surface area contributed by atoms with Crippen LogP contribution in [0.25, 0.3) is 0 Å². The van der Waals surface area contributed by atoms with Crippen molar-refractivity contribution in [1.82, 2.24) is 4.57 Å². The normalized spacial score (nSPS) is 11.5. The SMILES string of the molecule is CCn1cc(Br)cc1C(=O)N=S(C)(C)=O. The quantitative estimate of drug-likeness (QED) is 0.839. The molecular weight excluding hydrogens is 280 g/mol. The van der Waals surface area contributed by atoms with Crippen molar-refractivity contribution >= 4 is 31.6 Å². The highest BCUT2D eigenvalue weighted by molar-refractivity contribution is 9.10. The molecule has 0 fully saturated rings. The zero-order valence-electron chi connectivity index (χ0n) is 8.86. The fourth-order valence-corrected chi connectivity index (χ4v) is 2.12. The number of rotatable bonds is 2. The Labute approximate surface area is 98.0 Å². The van der Waals surface area contributed by atoms with E-state index in [0.29, 0.717) is 12.2 Å². The number of nitrogens with zero attached hydrogens (tertiary/aromatic N) is 2. The van der Waals surface area contributed by atoms with Crippen molar-refractivity contribution in [2.75, 3.05) is 12.5 Å². The molecule has 0 unspecified atom stereocenters. The third-order valence-electron chi connectivity index (χ3n) is 1.73. The topological polar surface area (TPSA) is 51.4 Å². The second-order valence-electron chi connectivity index (χ2n) is 3.41. The zero-order chi connectivity index (χ0) is 11.6. The van der Waals surface area contributed by atoms with E-state index in [1.54, 1.807) is 16.8 Å². The third-order valence-corrected chi connectivity index (χ3v) is 2.76. The van der Waals surface area contributed by atoms with Crippen LogP contribution >= 0.6 is 15.9 Å². The molecule has 0 radical (unpaired) electrons. The molecule has 1 amide bonds. The van der Waals surface area contributed by atoms with Crippen LogP contribution in [0.5, 0.6) is 0 Å². The van der Waals surface area contributed by atoms with Crippen molar-refractivity contribution in [2.24, 2.45) is 4.36 Å². The summed E-state index contributed by atoms with van der Waals surface area (Å²) >= 11 is 3.29. The second kappa shape index (κ2) is 4.49. The summed E-state index contributed by atoms with van der Waals surface area (Å²) in [5.74, 6) is -0.433. The number of aryl methyl sites for hydroxylation is 1. The van der Waals surface area contributed by atoms with Crippen LogP contribution in [0.3, 0.4) is 0 Å². The van der Waals surface area contributed by atoms with Crippen molar-refractivity contribution in [3.8, 4) is 0 Å². The number of hydrogen-bond acceptors (Lipinski definition) is 2. The lowest BCUT2D eigenvalue weighted by molar-refractivity contribution is 0.0996. The molecule has 1 rings (SSSR count). The summed E-state index contributed by atoms with van der Waals surface area (Å²) in [7, 11) is -2.39. The number of halogens is 1. The number of carbonyl (C=O) groups is 1. The molecule has 1 aromatic rings. The molecule has 0 N–H and O–H groups in total. The van der Waals surface area contributed by atoms with Gasteiger partial charge in [-0.15, -0.1) is 0 Å². The largest absolute Gasteiger partial charge is 0.343 e. The molecule has 0 aliphatic rings. The number of carbonyl (C=O) groups excluding carboxylic acids is 1. The lowest BCUT2D eigenvalue weighted by Gasteiger charge is -2.01. The molecule has 84 valence electrons. The minimum absolute atomic E-state index is 0.433. The summed E-state index contributed by atoms with van der Waals surface area (Å²) in [6.45, 7) is 2.61. The lowest BCUT2D eigenvalue weighted by Crippen LogP contribution is -2.07. The highest BCUT2D eigenvalue weighted by Gasteiger charge is 2.12. The Morgan fingerprint density at radius 1 is 1.60 bits per heavy atom. The van der Waals surface area contributed by atoms with Crippen molar-refractivity contribution in [3.63, 3.8) is 0 Å². The van der Waals surface area contributed by atoms with Gasteiger partial charge in [0.05, 0.1) is 0 Å². The maximum absolute atomic E-state index is 11.7. The van der Waals surface area contributed by atoms with Gasteiger partial charge in [0.25, 0.3) is 0 Å². The number of aromatic nitrogens is 1. The second-order valence-corrected chi connectivity index (χ2v) is 6.87. The molecule has 1 heterocycles. The van der Waals surface area contributed by atoms with Gasteiger partial charge in [0.2, 0.25) is 0 Å². The van der Waals surface area contributed by atoms with Crippen molar-refractivity contribution in [3.05, 3.63) is 22.4 Å². The van der Waals surface area contributed by atoms with E-state index in [0.717, 1.165) is 4.47 Å². The molecule has 0 bridgehead atoms. The summed E-state index contributed by atoms with van der Waals surface area (Å²) in [4.78, 5) is 11.7. The lowest BCUT2D eigenvalue weighted by atomic mass is 10.4. The average Bonchev–Trinajstić information content (AvgIpc) is 2.43. The summed E-state index contributed by atoms with van der Waals surface area (Å²) in [6.07, 6.45) is 4.69. The van der Waals surface area contributed by atoms with E-state index in [9.17, 15) is 9.00 Å². The van der Waals surface area contributed by atoms with Gasteiger partial charge in [-0.25, -0.2) is 4.21 Å². The van der Waals surface area contributed by atoms with E-state index in [2.05, 4.69) is 20.3 Å². The molecule has 0 atom stereocenters. The van der Waals surface area contributed by atoms with E-state index in [1.807, 2.05) is 6.92 Å². The summed E-state index contributed by atoms with van der Waals surface area (Å²) < 4.78 is 17.6. The molecule has 6 heteroatoms. The van der Waals surface area contributed by atoms with Crippen LogP contribution in [0.2, 0.25) is 0 Å². The maximum atomic E-state index is 11.7. The van der Waals surface area contributed by atoms with Gasteiger partial charge in [-0.2, -0.15) is 4.36 Å². The van der Waals surface area contributed by atoms with Gasteiger partial charge >= 0.3 is 5.91 Å². The fourth-order valence-electron chi connectivity index (χ4n) is 1.16. The monoisotopic (exact) mass is 292 g/mol. The summed E-state index contributed by atoms with van der Waals surface area (Å²) in [5.41, 5.74) is 0.459. The predicted molar refractivity (Wildman–Crippen MR) is 64.6 cm³/mol. The molecule has 0 aliphatic carbocycles. The minimum Gasteiger partial charge on any atom is -0.343 e. The van der Waals surface area contributed by atoms with Crippen molar-refractivity contribution in [1.29, 1.82) is 0 Å². The van der Waals surface area contributed by atoms with E-state index in [4.69, 9.17) is 0 Å². The van der Waals surface area contributed by atoms with Crippen LogP contribution < -0.4 is 0 Å². The van der Waals surface area contributed by atoms with E-state index < -0.39 is 15.6 Å². The zero-order valence-corrected chi connectivity index (χ0v) is 11.3. The van der Waals surface area contributed by atoms with Crippen LogP contribution in [0, 0.1) is 0 Å². The maximum Gasteiger partial charge on any atom is 0.301 e. The highest BCUT2D eigenvalue weighted by Crippen LogP contribution is 2.16. The average molecular weight is 293 g/mol. The summed E-state index contributed by atoms with van der Waals surface area (Å²) in [6, 6.07) is 1.68. The molecular formula is C9H13BrN2O2S. The highest BCUT2D eigenvalue weighted by atomic mass is 79.9. The Balaban J connectivity index is 3.17. The fraction of sp³-hybridized carbons (Fsp3) is 0.444. The Hall–Kier alpha value is -0.620. The molecule has 1 aromatic heterocycles. The number of amides is 1. The Morgan fingerprint density at radius 3 is 2.67 bits per heavy atom. The van der Waals surface area contributed by atoms with Crippen molar-refractivity contribution in [2.45, 2.75) is 13.5 Å². The first-order chi connectivity index (χ1) is 6.83. The van der Waals surface area contributed by atoms with Gasteiger partial charge in [-0.1, -0.05) is 0 Å².